The number of likely N-dealkylation sites (N-methyl/N-ethyl adjacent to an activating group) is 1. The average Bonchev–Trinajstić information content (AvgIpc) is 3.22. The van der Waals surface area contributed by atoms with Crippen LogP contribution in [0.1, 0.15) is 35.6 Å². The number of hydrogen-bond acceptors (Lipinski definition) is 8. The number of rotatable bonds is 11. The van der Waals surface area contributed by atoms with E-state index in [2.05, 4.69) is 10.5 Å². The number of aliphatic hydroxyl groups excluding tert-OH is 1. The lowest BCUT2D eigenvalue weighted by Gasteiger charge is -2.31. The summed E-state index contributed by atoms with van der Waals surface area (Å²) < 4.78 is 36.9. The molecule has 2 aromatic heterocycles. The number of nitrogens with zero attached hydrogens (tertiary/aromatic N) is 4. The van der Waals surface area contributed by atoms with Crippen molar-refractivity contribution in [1.82, 2.24) is 25.3 Å². The zero-order chi connectivity index (χ0) is 28.1. The van der Waals surface area contributed by atoms with Gasteiger partial charge in [-0.1, -0.05) is 16.8 Å². The Morgan fingerprint density at radius 3 is 2.56 bits per heavy atom. The smallest absolute Gasteiger partial charge is 0.251 e. The van der Waals surface area contributed by atoms with E-state index in [4.69, 9.17) is 30.8 Å². The van der Waals surface area contributed by atoms with Crippen molar-refractivity contribution in [2.45, 2.75) is 52.6 Å². The molecule has 0 bridgehead atoms. The van der Waals surface area contributed by atoms with Gasteiger partial charge in [0.15, 0.2) is 5.82 Å². The second-order valence-corrected chi connectivity index (χ2v) is 10.6. The normalized spacial score (nSPS) is 15.7. The summed E-state index contributed by atoms with van der Waals surface area (Å²) in [4.78, 5) is 11.7. The molecule has 3 aromatic rings. The van der Waals surface area contributed by atoms with Crippen LogP contribution in [0.4, 0.5) is 8.78 Å². The van der Waals surface area contributed by atoms with Crippen molar-refractivity contribution < 1.29 is 23.1 Å². The average molecular weight is 564 g/mol. The van der Waals surface area contributed by atoms with E-state index in [1.54, 1.807) is 19.2 Å². The van der Waals surface area contributed by atoms with E-state index in [0.29, 0.717) is 59.9 Å². The molecule has 2 N–H and O–H groups in total. The van der Waals surface area contributed by atoms with E-state index < -0.39 is 12.5 Å². The molecular formula is C28H36ClF2N5O3. The highest BCUT2D eigenvalue weighted by Gasteiger charge is 2.25. The van der Waals surface area contributed by atoms with Crippen LogP contribution in [-0.2, 0) is 6.42 Å². The maximum absolute atomic E-state index is 12.8. The number of aromatic nitrogens is 3. The van der Waals surface area contributed by atoms with Gasteiger partial charge in [0.1, 0.15) is 24.2 Å². The van der Waals surface area contributed by atoms with Gasteiger partial charge in [-0.05, 0) is 89.9 Å². The molecule has 8 nitrogen and oxygen atoms in total. The molecule has 0 amide bonds. The molecule has 0 spiro atoms. The summed E-state index contributed by atoms with van der Waals surface area (Å²) >= 11 is 6.45. The van der Waals surface area contributed by atoms with Crippen molar-refractivity contribution in [3.05, 3.63) is 45.9 Å². The summed E-state index contributed by atoms with van der Waals surface area (Å²) in [6.45, 7) is 7.37. The van der Waals surface area contributed by atoms with Crippen LogP contribution in [0.2, 0.25) is 5.02 Å². The molecule has 1 unspecified atom stereocenters. The van der Waals surface area contributed by atoms with E-state index >= 15 is 0 Å². The van der Waals surface area contributed by atoms with Gasteiger partial charge >= 0.3 is 0 Å². The van der Waals surface area contributed by atoms with Crippen LogP contribution in [0.25, 0.3) is 22.6 Å². The van der Waals surface area contributed by atoms with Crippen LogP contribution in [0.3, 0.4) is 0 Å². The number of alkyl halides is 2. The topological polar surface area (TPSA) is 96.5 Å². The van der Waals surface area contributed by atoms with Crippen LogP contribution in [0.5, 0.6) is 5.75 Å². The molecule has 1 fully saturated rings. The fourth-order valence-corrected chi connectivity index (χ4v) is 5.28. The Morgan fingerprint density at radius 1 is 1.18 bits per heavy atom. The Balaban J connectivity index is 1.68. The first-order valence-electron chi connectivity index (χ1n) is 13.2. The van der Waals surface area contributed by atoms with Crippen LogP contribution >= 0.6 is 11.6 Å². The Kier molecular flexibility index (Phi) is 9.87. The van der Waals surface area contributed by atoms with Gasteiger partial charge < -0.3 is 19.7 Å². The fraction of sp³-hybridized carbons (Fsp3) is 0.536. The lowest BCUT2D eigenvalue weighted by molar-refractivity contribution is 0.0689. The number of aliphatic hydroxyl groups is 1. The number of ether oxygens (including phenoxy) is 1. The molecule has 212 valence electrons. The van der Waals surface area contributed by atoms with Crippen molar-refractivity contribution in [3.63, 3.8) is 0 Å². The van der Waals surface area contributed by atoms with Gasteiger partial charge in [0.05, 0.1) is 23.5 Å². The summed E-state index contributed by atoms with van der Waals surface area (Å²) in [6, 6.07) is 5.29. The molecule has 3 heterocycles. The highest BCUT2D eigenvalue weighted by molar-refractivity contribution is 6.31. The van der Waals surface area contributed by atoms with E-state index in [9.17, 15) is 13.9 Å². The van der Waals surface area contributed by atoms with E-state index in [-0.39, 0.29) is 13.2 Å². The standard InChI is InChI=1S/C28H36ClF2N5O3/c1-16-24(9-19-5-7-36(8-6-19)14-25(30)31)33-28(34-27(16)26-17(2)35-39-18(26)3)20-10-21(29)12-23(11-20)38-15-22(37)13-32-4/h10-12,19,22,25,32,37H,5-9,13-15H2,1-4H3. The minimum atomic E-state index is -2.32. The maximum Gasteiger partial charge on any atom is 0.251 e. The third-order valence-corrected chi connectivity index (χ3v) is 7.33. The van der Waals surface area contributed by atoms with Gasteiger partial charge in [-0.3, -0.25) is 4.90 Å². The Labute approximate surface area is 232 Å². The van der Waals surface area contributed by atoms with Crippen LogP contribution < -0.4 is 10.1 Å². The first-order valence-corrected chi connectivity index (χ1v) is 13.6. The molecule has 0 saturated carbocycles. The first-order chi connectivity index (χ1) is 18.6. The monoisotopic (exact) mass is 563 g/mol. The van der Waals surface area contributed by atoms with E-state index in [1.807, 2.05) is 31.7 Å². The zero-order valence-electron chi connectivity index (χ0n) is 22.8. The van der Waals surface area contributed by atoms with Gasteiger partial charge in [-0.2, -0.15) is 0 Å². The maximum atomic E-state index is 12.8. The van der Waals surface area contributed by atoms with Gasteiger partial charge in [0.2, 0.25) is 0 Å². The number of benzene rings is 1. The largest absolute Gasteiger partial charge is 0.491 e. The van der Waals surface area contributed by atoms with Crippen LogP contribution in [0.15, 0.2) is 22.7 Å². The molecule has 0 aliphatic carbocycles. The minimum absolute atomic E-state index is 0.106. The second kappa shape index (κ2) is 13.1. The molecule has 1 saturated heterocycles. The lowest BCUT2D eigenvalue weighted by Crippen LogP contribution is -2.37. The van der Waals surface area contributed by atoms with Crippen LogP contribution in [-0.4, -0.2) is 77.5 Å². The predicted molar refractivity (Wildman–Crippen MR) is 146 cm³/mol. The number of hydrogen-bond donors (Lipinski definition) is 2. The Hall–Kier alpha value is -2.66. The number of nitrogens with one attached hydrogen (secondary N) is 1. The first kappa shape index (κ1) is 29.3. The van der Waals surface area contributed by atoms with Gasteiger partial charge in [0, 0.05) is 22.8 Å². The Morgan fingerprint density at radius 2 is 1.92 bits per heavy atom. The molecule has 11 heteroatoms. The molecule has 1 aliphatic rings. The highest BCUT2D eigenvalue weighted by atomic mass is 35.5. The quantitative estimate of drug-likeness (QED) is 0.342. The number of halogens is 3. The SMILES string of the molecule is CNCC(O)COc1cc(Cl)cc(-c2nc(CC3CCN(CC(F)F)CC3)c(C)c(-c3c(C)noc3C)n2)c1. The van der Waals surface area contributed by atoms with Crippen LogP contribution in [0, 0.1) is 26.7 Å². The highest BCUT2D eigenvalue weighted by Crippen LogP contribution is 2.34. The molecular weight excluding hydrogens is 528 g/mol. The lowest BCUT2D eigenvalue weighted by atomic mass is 9.90. The summed E-state index contributed by atoms with van der Waals surface area (Å²) in [5.41, 5.74) is 4.83. The molecule has 1 aromatic carbocycles. The van der Waals surface area contributed by atoms with Crippen molar-refractivity contribution in [3.8, 4) is 28.4 Å². The van der Waals surface area contributed by atoms with Gasteiger partial charge in [0.25, 0.3) is 6.43 Å². The predicted octanol–water partition coefficient (Wildman–Crippen LogP) is 4.86. The molecule has 0 radical (unpaired) electrons. The minimum Gasteiger partial charge on any atom is -0.491 e. The zero-order valence-corrected chi connectivity index (χ0v) is 23.6. The van der Waals surface area contributed by atoms with E-state index in [1.165, 1.54) is 0 Å². The number of piperidine rings is 1. The summed E-state index contributed by atoms with van der Waals surface area (Å²) in [5, 5.41) is 17.5. The fourth-order valence-electron chi connectivity index (χ4n) is 5.06. The Bertz CT molecular complexity index is 1240. The van der Waals surface area contributed by atoms with Crippen molar-refractivity contribution in [1.29, 1.82) is 0 Å². The molecule has 4 rings (SSSR count). The third kappa shape index (κ3) is 7.51. The second-order valence-electron chi connectivity index (χ2n) is 10.2. The summed E-state index contributed by atoms with van der Waals surface area (Å²) in [7, 11) is 1.76. The summed E-state index contributed by atoms with van der Waals surface area (Å²) in [5.74, 6) is 1.98. The van der Waals surface area contributed by atoms with Crippen molar-refractivity contribution in [2.75, 3.05) is 39.8 Å². The molecule has 1 aliphatic heterocycles. The van der Waals surface area contributed by atoms with Gasteiger partial charge in [-0.15, -0.1) is 0 Å². The van der Waals surface area contributed by atoms with Gasteiger partial charge in [-0.25, -0.2) is 18.7 Å². The van der Waals surface area contributed by atoms with E-state index in [0.717, 1.165) is 41.1 Å². The van der Waals surface area contributed by atoms with Crippen molar-refractivity contribution >= 4 is 11.6 Å². The molecule has 1 atom stereocenters. The summed E-state index contributed by atoms with van der Waals surface area (Å²) in [6.07, 6.45) is -0.616. The van der Waals surface area contributed by atoms with Crippen molar-refractivity contribution in [2.24, 2.45) is 5.92 Å². The third-order valence-electron chi connectivity index (χ3n) is 7.11. The molecule has 39 heavy (non-hydrogen) atoms. The number of likely N-dealkylation sites (tertiary alicyclic amines) is 1. The number of aryl methyl sites for hydroxylation is 2.